The number of nitrogens with zero attached hydrogens (tertiary/aromatic N) is 4. The molecule has 4 nitrogen and oxygen atoms in total. The fourth-order valence-electron chi connectivity index (χ4n) is 9.93. The highest BCUT2D eigenvalue weighted by Crippen LogP contribution is 2.31. The molecule has 0 atom stereocenters. The summed E-state index contributed by atoms with van der Waals surface area (Å²) < 4.78 is 2.31. The standard InChI is InChI=1S/C57H42N4Si2/c1-7-25-43(26-8-1)62(44-27-9-2-10-28-44,45-29-11-3-12-30-45)55-54(51-39-23-24-42-58-51)56(60-57(59-55)61-52-40-21-19-37-49(52)50-38-20-22-41-53(50)61)63(46-31-13-4-14-32-46,47-33-15-5-16-34-47)48-35-17-6-18-36-48/h1-42H. The second-order valence-corrected chi connectivity index (χ2v) is 23.3. The van der Waals surface area contributed by atoms with Crippen molar-refractivity contribution in [3.8, 4) is 17.2 Å². The molecule has 0 saturated heterocycles. The molecule has 3 aromatic heterocycles. The molecule has 0 aliphatic carbocycles. The van der Waals surface area contributed by atoms with E-state index in [0.717, 1.165) is 43.7 Å². The van der Waals surface area contributed by atoms with Gasteiger partial charge in [-0.1, -0.05) is 224 Å². The van der Waals surface area contributed by atoms with Gasteiger partial charge in [0.2, 0.25) is 22.1 Å². The average Bonchev–Trinajstić information content (AvgIpc) is 3.71. The molecule has 0 fully saturated rings. The van der Waals surface area contributed by atoms with Crippen molar-refractivity contribution in [2.24, 2.45) is 0 Å². The molecule has 0 radical (unpaired) electrons. The van der Waals surface area contributed by atoms with E-state index in [2.05, 4.69) is 247 Å². The minimum atomic E-state index is -3.40. The second kappa shape index (κ2) is 16.3. The molecule has 3 heterocycles. The summed E-state index contributed by atoms with van der Waals surface area (Å²) in [6, 6.07) is 90.2. The highest BCUT2D eigenvalue weighted by Gasteiger charge is 2.51. The van der Waals surface area contributed by atoms with Crippen LogP contribution in [-0.2, 0) is 0 Å². The fraction of sp³-hybridized carbons (Fsp3) is 0. The summed E-state index contributed by atoms with van der Waals surface area (Å²) in [6.07, 6.45) is 1.91. The van der Waals surface area contributed by atoms with Crippen molar-refractivity contribution in [1.82, 2.24) is 19.5 Å². The molecule has 0 aliphatic rings. The van der Waals surface area contributed by atoms with E-state index in [9.17, 15) is 0 Å². The Morgan fingerprint density at radius 1 is 0.302 bits per heavy atom. The van der Waals surface area contributed by atoms with Crippen LogP contribution >= 0.6 is 0 Å². The summed E-state index contributed by atoms with van der Waals surface area (Å²) in [5.41, 5.74) is 3.93. The Labute approximate surface area is 369 Å². The van der Waals surface area contributed by atoms with Gasteiger partial charge < -0.3 is 0 Å². The minimum absolute atomic E-state index is 0.636. The lowest BCUT2D eigenvalue weighted by atomic mass is 10.2. The first-order chi connectivity index (χ1) is 31.3. The van der Waals surface area contributed by atoms with Crippen LogP contribution in [0.1, 0.15) is 0 Å². The predicted octanol–water partition coefficient (Wildman–Crippen LogP) is 7.39. The molecule has 0 amide bonds. The predicted molar refractivity (Wildman–Crippen MR) is 267 cm³/mol. The largest absolute Gasteiger partial charge is 0.278 e. The Morgan fingerprint density at radius 2 is 0.603 bits per heavy atom. The van der Waals surface area contributed by atoms with Crippen LogP contribution in [0.2, 0.25) is 0 Å². The maximum absolute atomic E-state index is 6.14. The Morgan fingerprint density at radius 3 is 0.921 bits per heavy atom. The molecule has 6 heteroatoms. The van der Waals surface area contributed by atoms with E-state index < -0.39 is 16.1 Å². The molecule has 0 N–H and O–H groups in total. The summed E-state index contributed by atoms with van der Waals surface area (Å²) in [6.45, 7) is 0. The zero-order chi connectivity index (χ0) is 42.1. The number of benzene rings is 8. The van der Waals surface area contributed by atoms with Gasteiger partial charge in [-0.25, -0.2) is 9.97 Å². The molecular weight excluding hydrogens is 797 g/mol. The SMILES string of the molecule is c1ccc([Si](c2ccccc2)(c2ccccc2)c2nc(-n3c4ccccc4c4ccccc43)nc([Si](c3ccccc3)(c3ccccc3)c3ccccc3)c2-c2ccccn2)cc1. The normalized spacial score (nSPS) is 11.8. The number of aromatic nitrogens is 4. The van der Waals surface area contributed by atoms with Gasteiger partial charge in [0.05, 0.1) is 27.4 Å². The number of hydrogen-bond acceptors (Lipinski definition) is 3. The smallest absolute Gasteiger partial charge is 0.234 e. The van der Waals surface area contributed by atoms with Crippen molar-refractivity contribution in [3.05, 3.63) is 255 Å². The number of rotatable bonds is 10. The van der Waals surface area contributed by atoms with E-state index in [-0.39, 0.29) is 0 Å². The topological polar surface area (TPSA) is 43.6 Å². The third-order valence-electron chi connectivity index (χ3n) is 12.5. The van der Waals surface area contributed by atoms with E-state index in [1.807, 2.05) is 12.3 Å². The van der Waals surface area contributed by atoms with Gasteiger partial charge in [-0.3, -0.25) is 9.55 Å². The zero-order valence-electron chi connectivity index (χ0n) is 34.5. The molecule has 11 aromatic rings. The number of para-hydroxylation sites is 2. The molecule has 0 aliphatic heterocycles. The van der Waals surface area contributed by atoms with Gasteiger partial charge in [-0.15, -0.1) is 0 Å². The molecular formula is C57H42N4Si2. The maximum atomic E-state index is 6.14. The monoisotopic (exact) mass is 838 g/mol. The number of fused-ring (bicyclic) bond motifs is 3. The Bertz CT molecular complexity index is 2920. The molecule has 0 saturated carbocycles. The second-order valence-electron chi connectivity index (χ2n) is 15.9. The number of pyridine rings is 1. The summed E-state index contributed by atoms with van der Waals surface area (Å²) in [5, 5.41) is 11.7. The first-order valence-corrected chi connectivity index (χ1v) is 25.5. The first kappa shape index (κ1) is 38.2. The van der Waals surface area contributed by atoms with Crippen LogP contribution in [0.4, 0.5) is 0 Å². The van der Waals surface area contributed by atoms with Gasteiger partial charge in [0, 0.05) is 22.5 Å². The van der Waals surface area contributed by atoms with E-state index in [4.69, 9.17) is 15.0 Å². The van der Waals surface area contributed by atoms with E-state index in [1.165, 1.54) is 31.1 Å². The van der Waals surface area contributed by atoms with Gasteiger partial charge >= 0.3 is 0 Å². The minimum Gasteiger partial charge on any atom is -0.278 e. The van der Waals surface area contributed by atoms with Gasteiger partial charge in [0.25, 0.3) is 0 Å². The molecule has 298 valence electrons. The number of hydrogen-bond donors (Lipinski definition) is 0. The van der Waals surface area contributed by atoms with Crippen LogP contribution in [0.15, 0.2) is 255 Å². The zero-order valence-corrected chi connectivity index (χ0v) is 36.5. The molecule has 8 aromatic carbocycles. The third kappa shape index (κ3) is 6.22. The van der Waals surface area contributed by atoms with Crippen molar-refractivity contribution >= 4 is 79.7 Å². The van der Waals surface area contributed by atoms with Crippen LogP contribution in [0.3, 0.4) is 0 Å². The van der Waals surface area contributed by atoms with Gasteiger partial charge in [0.15, 0.2) is 0 Å². The quantitative estimate of drug-likeness (QED) is 0.107. The summed E-state index contributed by atoms with van der Waals surface area (Å²) in [4.78, 5) is 17.6. The molecule has 63 heavy (non-hydrogen) atoms. The third-order valence-corrected chi connectivity index (χ3v) is 21.9. The molecule has 0 spiro atoms. The van der Waals surface area contributed by atoms with Gasteiger partial charge in [0.1, 0.15) is 0 Å². The van der Waals surface area contributed by atoms with Crippen LogP contribution < -0.4 is 41.8 Å². The summed E-state index contributed by atoms with van der Waals surface area (Å²) in [7, 11) is -6.80. The van der Waals surface area contributed by atoms with Crippen molar-refractivity contribution < 1.29 is 0 Å². The fourth-order valence-corrected chi connectivity index (χ4v) is 19.6. The molecule has 0 bridgehead atoms. The average molecular weight is 839 g/mol. The lowest BCUT2D eigenvalue weighted by Crippen LogP contribution is -2.80. The molecule has 0 unspecified atom stereocenters. The highest BCUT2D eigenvalue weighted by molar-refractivity contribution is 7.22. The Hall–Kier alpha value is -7.78. The van der Waals surface area contributed by atoms with Crippen molar-refractivity contribution in [2.45, 2.75) is 0 Å². The van der Waals surface area contributed by atoms with E-state index in [1.54, 1.807) is 0 Å². The summed E-state index contributed by atoms with van der Waals surface area (Å²) in [5.74, 6) is 0.636. The van der Waals surface area contributed by atoms with Crippen LogP contribution in [0.25, 0.3) is 39.0 Å². The van der Waals surface area contributed by atoms with Crippen molar-refractivity contribution in [3.63, 3.8) is 0 Å². The first-order valence-electron chi connectivity index (χ1n) is 21.5. The Balaban J connectivity index is 1.46. The van der Waals surface area contributed by atoms with Crippen LogP contribution in [-0.4, -0.2) is 35.7 Å². The lowest BCUT2D eigenvalue weighted by molar-refractivity contribution is 1.01. The maximum Gasteiger partial charge on any atom is 0.234 e. The van der Waals surface area contributed by atoms with Crippen LogP contribution in [0, 0.1) is 0 Å². The highest BCUT2D eigenvalue weighted by atomic mass is 28.3. The van der Waals surface area contributed by atoms with E-state index >= 15 is 0 Å². The lowest BCUT2D eigenvalue weighted by Gasteiger charge is -2.39. The van der Waals surface area contributed by atoms with Crippen molar-refractivity contribution in [2.75, 3.05) is 0 Å². The van der Waals surface area contributed by atoms with Gasteiger partial charge in [-0.05, 0) is 55.4 Å². The van der Waals surface area contributed by atoms with Crippen LogP contribution in [0.5, 0.6) is 0 Å². The van der Waals surface area contributed by atoms with Gasteiger partial charge in [-0.2, -0.15) is 0 Å². The van der Waals surface area contributed by atoms with E-state index in [0.29, 0.717) is 5.95 Å². The Kier molecular flexibility index (Phi) is 9.84. The van der Waals surface area contributed by atoms with Crippen molar-refractivity contribution in [1.29, 1.82) is 0 Å². The molecule has 11 rings (SSSR count). The summed E-state index contributed by atoms with van der Waals surface area (Å²) >= 11 is 0.